The lowest BCUT2D eigenvalue weighted by molar-refractivity contribution is -0.134. The van der Waals surface area contributed by atoms with Gasteiger partial charge in [0.2, 0.25) is 0 Å². The summed E-state index contributed by atoms with van der Waals surface area (Å²) in [5.41, 5.74) is -0.296. The average molecular weight is 168 g/mol. The summed E-state index contributed by atoms with van der Waals surface area (Å²) in [5, 5.41) is 0. The molecule has 5 heteroatoms. The van der Waals surface area contributed by atoms with Crippen molar-refractivity contribution in [1.29, 1.82) is 0 Å². The van der Waals surface area contributed by atoms with Crippen LogP contribution in [0.1, 0.15) is 0 Å². The van der Waals surface area contributed by atoms with E-state index in [9.17, 15) is 9.59 Å². The average Bonchev–Trinajstić information content (AvgIpc) is 2.47. The van der Waals surface area contributed by atoms with Crippen molar-refractivity contribution >= 4 is 12.2 Å². The van der Waals surface area contributed by atoms with E-state index in [1.165, 1.54) is 30.3 Å². The van der Waals surface area contributed by atoms with Crippen molar-refractivity contribution in [3.63, 3.8) is 0 Å². The number of carbonyl (C=O) groups is 1. The maximum atomic E-state index is 10.8. The van der Waals surface area contributed by atoms with Crippen molar-refractivity contribution in [2.75, 3.05) is 7.11 Å². The molecule has 0 aliphatic heterocycles. The first kappa shape index (κ1) is 8.32. The molecule has 0 radical (unpaired) electrons. The summed E-state index contributed by atoms with van der Waals surface area (Å²) < 4.78 is 5.57. The SMILES string of the molecule is COC(=O)/C=C/n1cc[nH]c1=O. The van der Waals surface area contributed by atoms with Crippen molar-refractivity contribution in [1.82, 2.24) is 9.55 Å². The number of esters is 1. The van der Waals surface area contributed by atoms with E-state index in [0.717, 1.165) is 6.08 Å². The second kappa shape index (κ2) is 3.56. The van der Waals surface area contributed by atoms with Gasteiger partial charge < -0.3 is 9.72 Å². The Balaban J connectivity index is 2.76. The molecule has 1 N–H and O–H groups in total. The first-order chi connectivity index (χ1) is 5.74. The summed E-state index contributed by atoms with van der Waals surface area (Å²) in [5.74, 6) is -0.497. The molecule has 1 rings (SSSR count). The number of nitrogens with zero attached hydrogens (tertiary/aromatic N) is 1. The molecule has 12 heavy (non-hydrogen) atoms. The number of H-pyrrole nitrogens is 1. The molecule has 0 fully saturated rings. The molecular weight excluding hydrogens is 160 g/mol. The van der Waals surface area contributed by atoms with Crippen LogP contribution in [-0.2, 0) is 9.53 Å². The lowest BCUT2D eigenvalue weighted by atomic mass is 10.6. The molecule has 0 aliphatic rings. The van der Waals surface area contributed by atoms with E-state index in [1.807, 2.05) is 0 Å². The van der Waals surface area contributed by atoms with E-state index in [4.69, 9.17) is 0 Å². The topological polar surface area (TPSA) is 64.1 Å². The summed E-state index contributed by atoms with van der Waals surface area (Å²) in [6, 6.07) is 0. The van der Waals surface area contributed by atoms with Crippen molar-refractivity contribution in [2.24, 2.45) is 0 Å². The second-order valence-electron chi connectivity index (χ2n) is 2.01. The van der Waals surface area contributed by atoms with E-state index in [-0.39, 0.29) is 5.69 Å². The van der Waals surface area contributed by atoms with Gasteiger partial charge in [-0.15, -0.1) is 0 Å². The Morgan fingerprint density at radius 1 is 1.75 bits per heavy atom. The molecule has 0 aliphatic carbocycles. The van der Waals surface area contributed by atoms with E-state index in [1.54, 1.807) is 0 Å². The number of aromatic amines is 1. The van der Waals surface area contributed by atoms with E-state index < -0.39 is 5.97 Å². The smallest absolute Gasteiger partial charge is 0.331 e. The molecule has 1 heterocycles. The first-order valence-corrected chi connectivity index (χ1v) is 3.25. The zero-order chi connectivity index (χ0) is 8.97. The Morgan fingerprint density at radius 3 is 3.00 bits per heavy atom. The highest BCUT2D eigenvalue weighted by molar-refractivity contribution is 5.84. The fourth-order valence-electron chi connectivity index (χ4n) is 0.658. The summed E-state index contributed by atoms with van der Waals surface area (Å²) in [7, 11) is 1.27. The van der Waals surface area contributed by atoms with Crippen LogP contribution >= 0.6 is 0 Å². The third-order valence-electron chi connectivity index (χ3n) is 1.25. The van der Waals surface area contributed by atoms with Crippen LogP contribution in [-0.4, -0.2) is 22.6 Å². The Kier molecular flexibility index (Phi) is 2.47. The largest absolute Gasteiger partial charge is 0.466 e. The molecule has 0 unspecified atom stereocenters. The van der Waals surface area contributed by atoms with Crippen LogP contribution in [0.3, 0.4) is 0 Å². The Hall–Kier alpha value is -1.78. The van der Waals surface area contributed by atoms with Crippen molar-refractivity contribution in [2.45, 2.75) is 0 Å². The third-order valence-corrected chi connectivity index (χ3v) is 1.25. The maximum absolute atomic E-state index is 10.8. The fourth-order valence-corrected chi connectivity index (χ4v) is 0.658. The van der Waals surface area contributed by atoms with Gasteiger partial charge in [0.05, 0.1) is 7.11 Å². The highest BCUT2D eigenvalue weighted by Crippen LogP contribution is 1.83. The highest BCUT2D eigenvalue weighted by atomic mass is 16.5. The zero-order valence-corrected chi connectivity index (χ0v) is 6.48. The molecule has 64 valence electrons. The molecule has 0 aromatic carbocycles. The molecule has 1 aromatic heterocycles. The molecule has 0 saturated carbocycles. The van der Waals surface area contributed by atoms with Gasteiger partial charge >= 0.3 is 11.7 Å². The monoisotopic (exact) mass is 168 g/mol. The highest BCUT2D eigenvalue weighted by Gasteiger charge is 1.92. The Bertz CT molecular complexity index is 348. The lowest BCUT2D eigenvalue weighted by Crippen LogP contribution is -2.11. The molecule has 0 amide bonds. The normalized spacial score (nSPS) is 10.4. The van der Waals surface area contributed by atoms with Gasteiger partial charge in [-0.05, 0) is 0 Å². The van der Waals surface area contributed by atoms with Crippen molar-refractivity contribution in [3.05, 3.63) is 29.0 Å². The van der Waals surface area contributed by atoms with Crippen LogP contribution in [0.5, 0.6) is 0 Å². The number of methoxy groups -OCH3 is 1. The predicted molar refractivity (Wildman–Crippen MR) is 42.4 cm³/mol. The molecule has 0 saturated heterocycles. The number of rotatable bonds is 2. The van der Waals surface area contributed by atoms with Crippen LogP contribution in [0.25, 0.3) is 6.20 Å². The number of carbonyl (C=O) groups excluding carboxylic acids is 1. The zero-order valence-electron chi connectivity index (χ0n) is 6.48. The molecule has 5 nitrogen and oxygen atoms in total. The van der Waals surface area contributed by atoms with Gasteiger partial charge in [0.25, 0.3) is 0 Å². The minimum atomic E-state index is -0.497. The van der Waals surface area contributed by atoms with Gasteiger partial charge in [0.1, 0.15) is 0 Å². The van der Waals surface area contributed by atoms with Crippen LogP contribution < -0.4 is 5.69 Å². The van der Waals surface area contributed by atoms with Gasteiger partial charge in [0.15, 0.2) is 0 Å². The molecule has 0 spiro atoms. The summed E-state index contributed by atoms with van der Waals surface area (Å²) >= 11 is 0. The molecular formula is C7H8N2O3. The fraction of sp³-hybridized carbons (Fsp3) is 0.143. The van der Waals surface area contributed by atoms with Crippen molar-refractivity contribution in [3.8, 4) is 0 Å². The minimum Gasteiger partial charge on any atom is -0.466 e. The number of ether oxygens (including phenoxy) is 1. The number of hydrogen-bond donors (Lipinski definition) is 1. The van der Waals surface area contributed by atoms with E-state index in [0.29, 0.717) is 0 Å². The van der Waals surface area contributed by atoms with Crippen LogP contribution in [0.15, 0.2) is 23.3 Å². The Labute approximate surface area is 68.3 Å². The van der Waals surface area contributed by atoms with Crippen molar-refractivity contribution < 1.29 is 9.53 Å². The first-order valence-electron chi connectivity index (χ1n) is 3.25. The molecule has 0 atom stereocenters. The quantitative estimate of drug-likeness (QED) is 0.492. The van der Waals surface area contributed by atoms with E-state index >= 15 is 0 Å². The maximum Gasteiger partial charge on any atom is 0.331 e. The number of hydrogen-bond acceptors (Lipinski definition) is 3. The summed E-state index contributed by atoms with van der Waals surface area (Å²) in [6.07, 6.45) is 5.46. The molecule has 1 aromatic rings. The van der Waals surface area contributed by atoms with Crippen LogP contribution in [0.2, 0.25) is 0 Å². The van der Waals surface area contributed by atoms with Gasteiger partial charge in [-0.2, -0.15) is 0 Å². The standard InChI is InChI=1S/C7H8N2O3/c1-12-6(10)2-4-9-5-3-8-7(9)11/h2-5H,1H3,(H,8,11)/b4-2+. The van der Waals surface area contributed by atoms with E-state index in [2.05, 4.69) is 9.72 Å². The predicted octanol–water partition coefficient (Wildman–Crippen LogP) is -0.180. The van der Waals surface area contributed by atoms with Gasteiger partial charge in [-0.25, -0.2) is 9.59 Å². The van der Waals surface area contributed by atoms with Crippen LogP contribution in [0, 0.1) is 0 Å². The van der Waals surface area contributed by atoms with Gasteiger partial charge in [-0.3, -0.25) is 4.57 Å². The lowest BCUT2D eigenvalue weighted by Gasteiger charge is -1.89. The third kappa shape index (κ3) is 1.85. The van der Waals surface area contributed by atoms with Gasteiger partial charge in [-0.1, -0.05) is 0 Å². The number of nitrogens with one attached hydrogen (secondary N) is 1. The Morgan fingerprint density at radius 2 is 2.50 bits per heavy atom. The summed E-state index contributed by atoms with van der Waals surface area (Å²) in [6.45, 7) is 0. The summed E-state index contributed by atoms with van der Waals surface area (Å²) in [4.78, 5) is 23.8. The van der Waals surface area contributed by atoms with Gasteiger partial charge in [0, 0.05) is 24.7 Å². The van der Waals surface area contributed by atoms with Crippen LogP contribution in [0.4, 0.5) is 0 Å². The number of imidazole rings is 1. The second-order valence-corrected chi connectivity index (χ2v) is 2.01. The molecule has 0 bridgehead atoms. The number of aromatic nitrogens is 2. The minimum absolute atomic E-state index is 0.296.